The summed E-state index contributed by atoms with van der Waals surface area (Å²) < 4.78 is 1.10. The minimum absolute atomic E-state index is 0.894. The van der Waals surface area contributed by atoms with Crippen molar-refractivity contribution in [2.45, 2.75) is 6.54 Å². The number of H-pyrrole nitrogens is 1. The molecule has 0 unspecified atom stereocenters. The molecule has 0 amide bonds. The van der Waals surface area contributed by atoms with Gasteiger partial charge < -0.3 is 10.3 Å². The van der Waals surface area contributed by atoms with Gasteiger partial charge in [0.15, 0.2) is 0 Å². The minimum Gasteiger partial charge on any atom is -0.363 e. The highest BCUT2D eigenvalue weighted by Gasteiger charge is 1.91. The summed E-state index contributed by atoms with van der Waals surface area (Å²) in [5.41, 5.74) is 1.20. The van der Waals surface area contributed by atoms with Gasteiger partial charge in [0.1, 0.15) is 0 Å². The van der Waals surface area contributed by atoms with Gasteiger partial charge in [0.25, 0.3) is 0 Å². The standard InChI is InChI=1S/C6H9BrN2/c1-8-4-6-2-5(7)3-9-6/h2-3,8-9H,4H2,1H3. The third-order valence-electron chi connectivity index (χ3n) is 1.07. The first-order chi connectivity index (χ1) is 4.33. The van der Waals surface area contributed by atoms with Crippen LogP contribution >= 0.6 is 15.9 Å². The zero-order valence-electron chi connectivity index (χ0n) is 5.24. The van der Waals surface area contributed by atoms with E-state index in [1.165, 1.54) is 5.69 Å². The lowest BCUT2D eigenvalue weighted by Gasteiger charge is -1.90. The van der Waals surface area contributed by atoms with Crippen LogP contribution in [0.25, 0.3) is 0 Å². The van der Waals surface area contributed by atoms with Crippen molar-refractivity contribution in [1.29, 1.82) is 0 Å². The number of hydrogen-bond donors (Lipinski definition) is 2. The van der Waals surface area contributed by atoms with Gasteiger partial charge in [-0.1, -0.05) is 0 Å². The van der Waals surface area contributed by atoms with Crippen LogP contribution in [0.3, 0.4) is 0 Å². The van der Waals surface area contributed by atoms with Crippen LogP contribution < -0.4 is 5.32 Å². The van der Waals surface area contributed by atoms with E-state index in [2.05, 4.69) is 32.3 Å². The molecule has 1 aromatic rings. The molecule has 0 radical (unpaired) electrons. The first-order valence-electron chi connectivity index (χ1n) is 2.80. The van der Waals surface area contributed by atoms with Crippen LogP contribution in [0.2, 0.25) is 0 Å². The van der Waals surface area contributed by atoms with E-state index in [1.807, 2.05) is 13.2 Å². The van der Waals surface area contributed by atoms with Gasteiger partial charge in [0, 0.05) is 22.9 Å². The molecule has 0 aliphatic carbocycles. The average Bonchev–Trinajstić information content (AvgIpc) is 2.17. The fourth-order valence-electron chi connectivity index (χ4n) is 0.704. The summed E-state index contributed by atoms with van der Waals surface area (Å²) in [4.78, 5) is 3.10. The third kappa shape index (κ3) is 1.84. The van der Waals surface area contributed by atoms with Gasteiger partial charge in [-0.05, 0) is 29.0 Å². The number of nitrogens with one attached hydrogen (secondary N) is 2. The zero-order valence-corrected chi connectivity index (χ0v) is 6.83. The molecule has 0 bridgehead atoms. The second kappa shape index (κ2) is 3.03. The molecule has 0 fully saturated rings. The maximum atomic E-state index is 3.34. The lowest BCUT2D eigenvalue weighted by atomic mass is 10.4. The maximum Gasteiger partial charge on any atom is 0.0355 e. The molecule has 9 heavy (non-hydrogen) atoms. The van der Waals surface area contributed by atoms with Crippen LogP contribution in [0, 0.1) is 0 Å². The van der Waals surface area contributed by atoms with Gasteiger partial charge in [0.05, 0.1) is 0 Å². The molecule has 0 aromatic carbocycles. The Bertz CT molecular complexity index is 183. The number of hydrogen-bond acceptors (Lipinski definition) is 1. The van der Waals surface area contributed by atoms with Crippen molar-refractivity contribution in [3.63, 3.8) is 0 Å². The second-order valence-corrected chi connectivity index (χ2v) is 2.79. The van der Waals surface area contributed by atoms with E-state index >= 15 is 0 Å². The Hall–Kier alpha value is -0.280. The van der Waals surface area contributed by atoms with Crippen LogP contribution in [-0.4, -0.2) is 12.0 Å². The fourth-order valence-corrected chi connectivity index (χ4v) is 1.09. The van der Waals surface area contributed by atoms with E-state index in [0.29, 0.717) is 0 Å². The van der Waals surface area contributed by atoms with E-state index in [-0.39, 0.29) is 0 Å². The molecule has 0 saturated heterocycles. The van der Waals surface area contributed by atoms with Crippen molar-refractivity contribution >= 4 is 15.9 Å². The van der Waals surface area contributed by atoms with Crippen molar-refractivity contribution in [2.75, 3.05) is 7.05 Å². The number of rotatable bonds is 2. The van der Waals surface area contributed by atoms with E-state index in [4.69, 9.17) is 0 Å². The topological polar surface area (TPSA) is 27.8 Å². The molecule has 1 heterocycles. The average molecular weight is 189 g/mol. The van der Waals surface area contributed by atoms with E-state index in [1.54, 1.807) is 0 Å². The molecule has 3 heteroatoms. The quantitative estimate of drug-likeness (QED) is 0.724. The molecular formula is C6H9BrN2. The Morgan fingerprint density at radius 3 is 3.00 bits per heavy atom. The van der Waals surface area contributed by atoms with Crippen LogP contribution in [0.1, 0.15) is 5.69 Å². The van der Waals surface area contributed by atoms with Crippen LogP contribution in [0.15, 0.2) is 16.7 Å². The summed E-state index contributed by atoms with van der Waals surface area (Å²) in [7, 11) is 1.93. The summed E-state index contributed by atoms with van der Waals surface area (Å²) in [6.07, 6.45) is 1.92. The highest BCUT2D eigenvalue weighted by atomic mass is 79.9. The molecule has 50 valence electrons. The SMILES string of the molecule is CNCc1cc(Br)c[nH]1. The molecule has 1 rings (SSSR count). The van der Waals surface area contributed by atoms with Gasteiger partial charge in [-0.25, -0.2) is 0 Å². The second-order valence-electron chi connectivity index (χ2n) is 1.87. The van der Waals surface area contributed by atoms with Gasteiger partial charge in [-0.2, -0.15) is 0 Å². The van der Waals surface area contributed by atoms with Crippen molar-refractivity contribution < 1.29 is 0 Å². The van der Waals surface area contributed by atoms with E-state index in [9.17, 15) is 0 Å². The summed E-state index contributed by atoms with van der Waals surface area (Å²) in [5, 5.41) is 3.05. The van der Waals surface area contributed by atoms with Crippen LogP contribution in [0.4, 0.5) is 0 Å². The van der Waals surface area contributed by atoms with Gasteiger partial charge in [-0.3, -0.25) is 0 Å². The number of halogens is 1. The molecular weight excluding hydrogens is 180 g/mol. The molecule has 2 nitrogen and oxygen atoms in total. The fraction of sp³-hybridized carbons (Fsp3) is 0.333. The zero-order chi connectivity index (χ0) is 6.69. The number of aromatic amines is 1. The Labute approximate surface area is 62.8 Å². The Kier molecular flexibility index (Phi) is 2.30. The molecule has 2 N–H and O–H groups in total. The lowest BCUT2D eigenvalue weighted by molar-refractivity contribution is 0.797. The normalized spacial score (nSPS) is 10.0. The summed E-state index contributed by atoms with van der Waals surface area (Å²) in [6.45, 7) is 0.894. The molecule has 1 aromatic heterocycles. The van der Waals surface area contributed by atoms with Crippen molar-refractivity contribution in [1.82, 2.24) is 10.3 Å². The summed E-state index contributed by atoms with van der Waals surface area (Å²) in [6, 6.07) is 2.05. The maximum absolute atomic E-state index is 3.34. The van der Waals surface area contributed by atoms with Crippen molar-refractivity contribution in [2.24, 2.45) is 0 Å². The van der Waals surface area contributed by atoms with E-state index in [0.717, 1.165) is 11.0 Å². The highest BCUT2D eigenvalue weighted by Crippen LogP contribution is 2.09. The molecule has 0 spiro atoms. The molecule has 0 aliphatic rings. The third-order valence-corrected chi connectivity index (χ3v) is 1.53. The van der Waals surface area contributed by atoms with Crippen LogP contribution in [-0.2, 0) is 6.54 Å². The lowest BCUT2D eigenvalue weighted by Crippen LogP contribution is -2.04. The van der Waals surface area contributed by atoms with Gasteiger partial charge in [0.2, 0.25) is 0 Å². The predicted octanol–water partition coefficient (Wildman–Crippen LogP) is 1.50. The molecule has 0 saturated carbocycles. The Balaban J connectivity index is 2.61. The van der Waals surface area contributed by atoms with Crippen LogP contribution in [0.5, 0.6) is 0 Å². The van der Waals surface area contributed by atoms with E-state index < -0.39 is 0 Å². The van der Waals surface area contributed by atoms with Gasteiger partial charge >= 0.3 is 0 Å². The first kappa shape index (κ1) is 6.83. The number of aromatic nitrogens is 1. The smallest absolute Gasteiger partial charge is 0.0355 e. The molecule has 0 aliphatic heterocycles. The highest BCUT2D eigenvalue weighted by molar-refractivity contribution is 9.10. The summed E-state index contributed by atoms with van der Waals surface area (Å²) >= 11 is 3.34. The minimum atomic E-state index is 0.894. The predicted molar refractivity (Wildman–Crippen MR) is 41.3 cm³/mol. The van der Waals surface area contributed by atoms with Gasteiger partial charge in [-0.15, -0.1) is 0 Å². The Morgan fingerprint density at radius 1 is 1.78 bits per heavy atom. The molecule has 0 atom stereocenters. The Morgan fingerprint density at radius 2 is 2.56 bits per heavy atom. The first-order valence-corrected chi connectivity index (χ1v) is 3.59. The monoisotopic (exact) mass is 188 g/mol. The largest absolute Gasteiger partial charge is 0.363 e. The van der Waals surface area contributed by atoms with Crippen molar-refractivity contribution in [3.8, 4) is 0 Å². The summed E-state index contributed by atoms with van der Waals surface area (Å²) in [5.74, 6) is 0. The van der Waals surface area contributed by atoms with Crippen molar-refractivity contribution in [3.05, 3.63) is 22.4 Å².